The number of ether oxygens (including phenoxy) is 2. The molecule has 3 unspecified atom stereocenters. The number of nitrogens with zero attached hydrogens (tertiary/aromatic N) is 2. The number of hydrogen-bond acceptors (Lipinski definition) is 5. The van der Waals surface area contributed by atoms with Gasteiger partial charge in [-0.05, 0) is 118 Å². The average molecular weight is 617 g/mol. The molecule has 0 aromatic heterocycles. The smallest absolute Gasteiger partial charge is 0.232 e. The average Bonchev–Trinajstić information content (AvgIpc) is 3.00. The molecule has 0 spiro atoms. The van der Waals surface area contributed by atoms with Gasteiger partial charge in [0.25, 0.3) is 0 Å². The summed E-state index contributed by atoms with van der Waals surface area (Å²) < 4.78 is 11.8. The highest BCUT2D eigenvalue weighted by Gasteiger charge is 2.45. The Bertz CT molecular complexity index is 1470. The molecule has 3 aromatic carbocycles. The molecule has 6 rings (SSSR count). The first kappa shape index (κ1) is 30.9. The van der Waals surface area contributed by atoms with E-state index in [0.29, 0.717) is 28.6 Å². The summed E-state index contributed by atoms with van der Waals surface area (Å²) in [6.07, 6.45) is 5.97. The van der Waals surface area contributed by atoms with Gasteiger partial charge in [-0.15, -0.1) is 0 Å². The third-order valence-corrected chi connectivity index (χ3v) is 10.4. The molecular formula is C37H45ClN2O4. The molecule has 3 heterocycles. The van der Waals surface area contributed by atoms with Crippen LogP contribution in [0.5, 0.6) is 11.5 Å². The lowest BCUT2D eigenvalue weighted by Crippen LogP contribution is -2.54. The highest BCUT2D eigenvalue weighted by atomic mass is 35.5. The molecule has 7 heteroatoms. The predicted octanol–water partition coefficient (Wildman–Crippen LogP) is 7.68. The van der Waals surface area contributed by atoms with Crippen molar-refractivity contribution < 1.29 is 19.4 Å². The molecule has 3 aromatic rings. The van der Waals surface area contributed by atoms with Crippen molar-refractivity contribution in [1.29, 1.82) is 0 Å². The van der Waals surface area contributed by atoms with E-state index in [9.17, 15) is 9.90 Å². The molecular weight excluding hydrogens is 572 g/mol. The number of hydrogen-bond donors (Lipinski definition) is 1. The quantitative estimate of drug-likeness (QED) is 0.281. The molecule has 1 N–H and O–H groups in total. The summed E-state index contributed by atoms with van der Waals surface area (Å²) in [5.41, 5.74) is 3.62. The van der Waals surface area contributed by atoms with Crippen LogP contribution in [0.1, 0.15) is 88.1 Å². The molecule has 2 saturated heterocycles. The Hall–Kier alpha value is -3.06. The van der Waals surface area contributed by atoms with E-state index in [-0.39, 0.29) is 30.4 Å². The first-order valence-corrected chi connectivity index (χ1v) is 16.5. The number of carbonyl (C=O) groups excluding carboxylic acids is 1. The molecule has 6 nitrogen and oxygen atoms in total. The Balaban J connectivity index is 1.36. The number of anilines is 1. The molecule has 3 aliphatic rings. The van der Waals surface area contributed by atoms with Gasteiger partial charge in [-0.25, -0.2) is 0 Å². The van der Waals surface area contributed by atoms with Crippen LogP contribution in [-0.4, -0.2) is 47.8 Å². The number of piperidine rings is 2. The second-order valence-electron chi connectivity index (χ2n) is 13.2. The summed E-state index contributed by atoms with van der Waals surface area (Å²) in [6.45, 7) is 9.29. The maximum absolute atomic E-state index is 13.9. The lowest BCUT2D eigenvalue weighted by molar-refractivity contribution is -0.118. The van der Waals surface area contributed by atoms with Crippen molar-refractivity contribution in [3.8, 4) is 11.5 Å². The largest absolute Gasteiger partial charge is 0.493 e. The predicted molar refractivity (Wildman–Crippen MR) is 176 cm³/mol. The Morgan fingerprint density at radius 2 is 1.66 bits per heavy atom. The monoisotopic (exact) mass is 616 g/mol. The molecule has 2 bridgehead atoms. The molecule has 2 fully saturated rings. The third kappa shape index (κ3) is 5.73. The normalized spacial score (nSPS) is 25.0. The van der Waals surface area contributed by atoms with Crippen LogP contribution in [0.3, 0.4) is 0 Å². The molecule has 0 radical (unpaired) electrons. The van der Waals surface area contributed by atoms with Gasteiger partial charge in [0.2, 0.25) is 5.91 Å². The topological polar surface area (TPSA) is 62.2 Å². The van der Waals surface area contributed by atoms with Crippen LogP contribution in [-0.2, 0) is 16.8 Å². The molecule has 0 aliphatic carbocycles. The van der Waals surface area contributed by atoms with Gasteiger partial charge in [0, 0.05) is 22.8 Å². The number of methoxy groups -OCH3 is 1. The fourth-order valence-corrected chi connectivity index (χ4v) is 8.10. The van der Waals surface area contributed by atoms with Crippen molar-refractivity contribution in [3.63, 3.8) is 0 Å². The van der Waals surface area contributed by atoms with E-state index in [0.717, 1.165) is 47.3 Å². The molecule has 4 atom stereocenters. The summed E-state index contributed by atoms with van der Waals surface area (Å²) in [6, 6.07) is 20.4. The van der Waals surface area contributed by atoms with Crippen LogP contribution in [0.4, 0.5) is 5.69 Å². The first-order valence-electron chi connectivity index (χ1n) is 16.1. The van der Waals surface area contributed by atoms with Gasteiger partial charge in [0.15, 0.2) is 11.5 Å². The van der Waals surface area contributed by atoms with E-state index < -0.39 is 5.60 Å². The zero-order valence-electron chi connectivity index (χ0n) is 26.6. The zero-order chi connectivity index (χ0) is 31.2. The molecule has 3 aliphatic heterocycles. The van der Waals surface area contributed by atoms with Gasteiger partial charge < -0.3 is 19.5 Å². The lowest BCUT2D eigenvalue weighted by Gasteiger charge is -2.51. The Morgan fingerprint density at radius 1 is 1.00 bits per heavy atom. The Morgan fingerprint density at radius 3 is 2.25 bits per heavy atom. The van der Waals surface area contributed by atoms with Crippen molar-refractivity contribution in [1.82, 2.24) is 4.90 Å². The van der Waals surface area contributed by atoms with E-state index in [1.54, 1.807) is 7.11 Å². The van der Waals surface area contributed by atoms with E-state index in [2.05, 4.69) is 11.8 Å². The van der Waals surface area contributed by atoms with Gasteiger partial charge in [-0.1, -0.05) is 49.2 Å². The van der Waals surface area contributed by atoms with Crippen molar-refractivity contribution in [2.75, 3.05) is 18.6 Å². The third-order valence-electron chi connectivity index (χ3n) is 10.2. The van der Waals surface area contributed by atoms with Crippen molar-refractivity contribution in [2.45, 2.75) is 96.1 Å². The second-order valence-corrected chi connectivity index (χ2v) is 13.6. The van der Waals surface area contributed by atoms with Crippen molar-refractivity contribution >= 4 is 23.2 Å². The van der Waals surface area contributed by atoms with Crippen LogP contribution in [0.25, 0.3) is 0 Å². The van der Waals surface area contributed by atoms with Crippen LogP contribution in [0, 0.1) is 5.92 Å². The van der Waals surface area contributed by atoms with E-state index >= 15 is 0 Å². The number of carbonyl (C=O) groups is 1. The van der Waals surface area contributed by atoms with Crippen LogP contribution in [0.2, 0.25) is 5.02 Å². The second kappa shape index (κ2) is 12.4. The summed E-state index contributed by atoms with van der Waals surface area (Å²) in [5, 5.41) is 12.6. The zero-order valence-corrected chi connectivity index (χ0v) is 27.3. The Kier molecular flexibility index (Phi) is 8.71. The van der Waals surface area contributed by atoms with Crippen LogP contribution < -0.4 is 14.4 Å². The minimum absolute atomic E-state index is 0.00342. The lowest BCUT2D eigenvalue weighted by atomic mass is 9.69. The number of benzene rings is 3. The fourth-order valence-electron chi connectivity index (χ4n) is 7.98. The SMILES string of the molecule is CCN1C2CCCC1CC([C@](C)(O)c1ccc(N3C(=O)Cc4cc(OC)c(OC(C)C)cc4C3c3ccc(Cl)cc3)cc1)C2. The van der Waals surface area contributed by atoms with Crippen LogP contribution in [0.15, 0.2) is 60.7 Å². The summed E-state index contributed by atoms with van der Waals surface area (Å²) in [5.74, 6) is 1.47. The molecule has 1 amide bonds. The van der Waals surface area contributed by atoms with E-state index in [1.807, 2.05) is 86.3 Å². The van der Waals surface area contributed by atoms with E-state index in [1.165, 1.54) is 19.3 Å². The number of fused-ring (bicyclic) bond motifs is 3. The van der Waals surface area contributed by atoms with Gasteiger partial charge in [0.05, 0.1) is 31.3 Å². The van der Waals surface area contributed by atoms with Gasteiger partial charge in [-0.2, -0.15) is 0 Å². The van der Waals surface area contributed by atoms with E-state index in [4.69, 9.17) is 21.1 Å². The van der Waals surface area contributed by atoms with Gasteiger partial charge in [-0.3, -0.25) is 9.69 Å². The van der Waals surface area contributed by atoms with Gasteiger partial charge >= 0.3 is 0 Å². The number of amides is 1. The standard InChI is InChI=1S/C37H45ClN2O4/c1-6-39-30-8-7-9-31(39)21-27(20-30)37(4,42)26-12-16-29(17-13-26)40-35(41)19-25-18-33(43-5)34(44-23(2)3)22-32(25)36(40)24-10-14-28(38)15-11-24/h10-18,22-23,27,30-31,36,42H,6-9,19-21H2,1-5H3/t27?,30?,31?,36?,37-/m1/s1. The fraction of sp³-hybridized carbons (Fsp3) is 0.486. The summed E-state index contributed by atoms with van der Waals surface area (Å²) >= 11 is 6.28. The van der Waals surface area contributed by atoms with Crippen LogP contribution >= 0.6 is 11.6 Å². The minimum Gasteiger partial charge on any atom is -0.493 e. The summed E-state index contributed by atoms with van der Waals surface area (Å²) in [4.78, 5) is 18.5. The first-order chi connectivity index (χ1) is 21.1. The highest BCUT2D eigenvalue weighted by molar-refractivity contribution is 6.30. The molecule has 0 saturated carbocycles. The Labute approximate surface area is 266 Å². The van der Waals surface area contributed by atoms with Crippen molar-refractivity contribution in [3.05, 3.63) is 87.9 Å². The number of rotatable bonds is 8. The number of halogens is 1. The molecule has 234 valence electrons. The number of aliphatic hydroxyl groups is 1. The maximum Gasteiger partial charge on any atom is 0.232 e. The maximum atomic E-state index is 13.9. The summed E-state index contributed by atoms with van der Waals surface area (Å²) in [7, 11) is 1.62. The molecule has 44 heavy (non-hydrogen) atoms. The van der Waals surface area contributed by atoms with Gasteiger partial charge in [0.1, 0.15) is 0 Å². The highest BCUT2D eigenvalue weighted by Crippen LogP contribution is 2.47. The minimum atomic E-state index is -0.945. The van der Waals surface area contributed by atoms with Crippen molar-refractivity contribution in [2.24, 2.45) is 5.92 Å².